The normalized spacial score (nSPS) is 10.8. The van der Waals surface area contributed by atoms with E-state index in [0.29, 0.717) is 11.3 Å². The highest BCUT2D eigenvalue weighted by Crippen LogP contribution is 2.23. The van der Waals surface area contributed by atoms with Gasteiger partial charge in [-0.15, -0.1) is 0 Å². The van der Waals surface area contributed by atoms with Gasteiger partial charge in [0.2, 0.25) is 0 Å². The van der Waals surface area contributed by atoms with Gasteiger partial charge in [-0.1, -0.05) is 12.1 Å². The molecule has 0 fully saturated rings. The van der Waals surface area contributed by atoms with Crippen LogP contribution in [-0.4, -0.2) is 23.8 Å². The van der Waals surface area contributed by atoms with Gasteiger partial charge in [0, 0.05) is 9.13 Å². The van der Waals surface area contributed by atoms with Crippen LogP contribution in [0.4, 0.5) is 0 Å². The van der Waals surface area contributed by atoms with Crippen LogP contribution in [0.3, 0.4) is 0 Å². The van der Waals surface area contributed by atoms with E-state index >= 15 is 0 Å². The number of phenols is 1. The van der Waals surface area contributed by atoms with Crippen molar-refractivity contribution in [1.29, 1.82) is 0 Å². The maximum absolute atomic E-state index is 11.8. The van der Waals surface area contributed by atoms with E-state index in [4.69, 9.17) is 4.74 Å². The smallest absolute Gasteiger partial charge is 0.277 e. The van der Waals surface area contributed by atoms with Crippen LogP contribution in [0.25, 0.3) is 0 Å². The zero-order valence-electron chi connectivity index (χ0n) is 13.8. The highest BCUT2D eigenvalue weighted by molar-refractivity contribution is 14.1. The molecule has 126 valence electrons. The molecule has 0 aliphatic rings. The molecule has 0 saturated carbocycles. The fraction of sp³-hybridized carbons (Fsp3) is 0.222. The van der Waals surface area contributed by atoms with Crippen molar-refractivity contribution in [2.45, 2.75) is 20.8 Å². The van der Waals surface area contributed by atoms with Crippen LogP contribution < -0.4 is 10.2 Å². The molecule has 0 spiro atoms. The summed E-state index contributed by atoms with van der Waals surface area (Å²) < 4.78 is 6.49. The van der Waals surface area contributed by atoms with Crippen molar-refractivity contribution in [3.05, 3.63) is 56.2 Å². The number of amides is 1. The number of nitrogens with zero attached hydrogens (tertiary/aromatic N) is 1. The predicted octanol–water partition coefficient (Wildman–Crippen LogP) is 3.45. The van der Waals surface area contributed by atoms with Crippen molar-refractivity contribution in [2.75, 3.05) is 6.61 Å². The Hall–Kier alpha value is -2.09. The second kappa shape index (κ2) is 8.14. The number of carbonyl (C=O) groups is 1. The van der Waals surface area contributed by atoms with Crippen LogP contribution in [0.2, 0.25) is 0 Å². The van der Waals surface area contributed by atoms with Crippen LogP contribution in [0.15, 0.2) is 35.4 Å². The molecule has 0 aliphatic carbocycles. The first kappa shape index (κ1) is 18.3. The van der Waals surface area contributed by atoms with E-state index in [9.17, 15) is 9.90 Å². The van der Waals surface area contributed by atoms with Gasteiger partial charge >= 0.3 is 0 Å². The third kappa shape index (κ3) is 4.70. The first-order chi connectivity index (χ1) is 11.4. The summed E-state index contributed by atoms with van der Waals surface area (Å²) >= 11 is 2.16. The van der Waals surface area contributed by atoms with Crippen molar-refractivity contribution < 1.29 is 14.6 Å². The number of ether oxygens (including phenoxy) is 1. The van der Waals surface area contributed by atoms with E-state index in [-0.39, 0.29) is 18.3 Å². The number of benzene rings is 2. The lowest BCUT2D eigenvalue weighted by Gasteiger charge is -2.09. The largest absolute Gasteiger partial charge is 0.507 e. The van der Waals surface area contributed by atoms with Crippen LogP contribution >= 0.6 is 22.6 Å². The molecule has 5 nitrogen and oxygen atoms in total. The topological polar surface area (TPSA) is 70.9 Å². The summed E-state index contributed by atoms with van der Waals surface area (Å²) in [5, 5.41) is 13.8. The third-order valence-corrected chi connectivity index (χ3v) is 4.22. The quantitative estimate of drug-likeness (QED) is 0.427. The van der Waals surface area contributed by atoms with Crippen molar-refractivity contribution in [3.63, 3.8) is 0 Å². The van der Waals surface area contributed by atoms with E-state index in [1.165, 1.54) is 6.21 Å². The first-order valence-corrected chi connectivity index (χ1v) is 8.46. The van der Waals surface area contributed by atoms with E-state index in [1.54, 1.807) is 6.07 Å². The number of rotatable bonds is 5. The monoisotopic (exact) mass is 438 g/mol. The molecular formula is C18H19IN2O3. The highest BCUT2D eigenvalue weighted by atomic mass is 127. The van der Waals surface area contributed by atoms with E-state index in [0.717, 1.165) is 20.3 Å². The van der Waals surface area contributed by atoms with Crippen molar-refractivity contribution in [1.82, 2.24) is 5.43 Å². The number of aryl methyl sites for hydroxylation is 2. The first-order valence-electron chi connectivity index (χ1n) is 7.38. The highest BCUT2D eigenvalue weighted by Gasteiger charge is 2.06. The summed E-state index contributed by atoms with van der Waals surface area (Å²) in [5.74, 6) is 0.467. The van der Waals surface area contributed by atoms with E-state index < -0.39 is 0 Å². The lowest BCUT2D eigenvalue weighted by atomic mass is 10.1. The minimum Gasteiger partial charge on any atom is -0.507 e. The average Bonchev–Trinajstić information content (AvgIpc) is 2.53. The molecule has 0 bridgehead atoms. The van der Waals surface area contributed by atoms with Gasteiger partial charge in [-0.2, -0.15) is 5.10 Å². The molecule has 2 aromatic carbocycles. The fourth-order valence-corrected chi connectivity index (χ4v) is 2.89. The molecule has 24 heavy (non-hydrogen) atoms. The van der Waals surface area contributed by atoms with Crippen molar-refractivity contribution >= 4 is 34.7 Å². The molecule has 2 N–H and O–H groups in total. The zero-order chi connectivity index (χ0) is 17.7. The fourth-order valence-electron chi connectivity index (χ4n) is 2.09. The zero-order valence-corrected chi connectivity index (χ0v) is 15.9. The number of phenolic OH excluding ortho intramolecular Hbond substituents is 1. The number of hydrazone groups is 1. The molecule has 0 atom stereocenters. The summed E-state index contributed by atoms with van der Waals surface area (Å²) in [4.78, 5) is 11.8. The lowest BCUT2D eigenvalue weighted by Crippen LogP contribution is -2.24. The Labute approximate surface area is 154 Å². The number of hydrogen-bond donors (Lipinski definition) is 2. The number of nitrogens with one attached hydrogen (secondary N) is 1. The van der Waals surface area contributed by atoms with E-state index in [1.807, 2.05) is 45.0 Å². The molecule has 6 heteroatoms. The molecule has 0 radical (unpaired) electrons. The third-order valence-electron chi connectivity index (χ3n) is 3.60. The van der Waals surface area contributed by atoms with Gasteiger partial charge in [-0.25, -0.2) is 5.43 Å². The molecular weight excluding hydrogens is 419 g/mol. The molecule has 0 heterocycles. The maximum Gasteiger partial charge on any atom is 0.277 e. The average molecular weight is 438 g/mol. The Morgan fingerprint density at radius 1 is 1.29 bits per heavy atom. The van der Waals surface area contributed by atoms with Gasteiger partial charge in [0.1, 0.15) is 11.5 Å². The minimum atomic E-state index is -0.367. The van der Waals surface area contributed by atoms with Crippen LogP contribution in [0, 0.1) is 24.3 Å². The molecule has 2 aromatic rings. The van der Waals surface area contributed by atoms with Gasteiger partial charge in [0.25, 0.3) is 5.91 Å². The van der Waals surface area contributed by atoms with Gasteiger partial charge in [-0.3, -0.25) is 4.79 Å². The second-order valence-electron chi connectivity index (χ2n) is 5.44. The number of carbonyl (C=O) groups excluding carboxylic acids is 1. The molecule has 2 rings (SSSR count). The van der Waals surface area contributed by atoms with Crippen LogP contribution in [0.1, 0.15) is 22.3 Å². The molecule has 0 aromatic heterocycles. The molecule has 0 aliphatic heterocycles. The Bertz CT molecular complexity index is 788. The summed E-state index contributed by atoms with van der Waals surface area (Å²) in [6.07, 6.45) is 1.42. The summed E-state index contributed by atoms with van der Waals surface area (Å²) in [7, 11) is 0. The summed E-state index contributed by atoms with van der Waals surface area (Å²) in [5.41, 5.74) is 5.82. The number of aromatic hydroxyl groups is 1. The van der Waals surface area contributed by atoms with Crippen molar-refractivity contribution in [2.24, 2.45) is 5.10 Å². The number of hydrogen-bond acceptors (Lipinski definition) is 4. The summed E-state index contributed by atoms with van der Waals surface area (Å²) in [6, 6.07) is 9.35. The van der Waals surface area contributed by atoms with Crippen molar-refractivity contribution in [3.8, 4) is 11.5 Å². The van der Waals surface area contributed by atoms with Gasteiger partial charge in [-0.05, 0) is 78.3 Å². The Balaban J connectivity index is 1.93. The van der Waals surface area contributed by atoms with E-state index in [2.05, 4.69) is 33.1 Å². The van der Waals surface area contributed by atoms with Crippen LogP contribution in [-0.2, 0) is 4.79 Å². The van der Waals surface area contributed by atoms with Crippen LogP contribution in [0.5, 0.6) is 11.5 Å². The SMILES string of the molecule is Cc1cccc(OCC(=O)NN=Cc2cc(I)cc(C)c2O)c1C. The Kier molecular flexibility index (Phi) is 6.19. The molecule has 1 amide bonds. The Morgan fingerprint density at radius 2 is 2.04 bits per heavy atom. The minimum absolute atomic E-state index is 0.126. The van der Waals surface area contributed by atoms with Gasteiger partial charge < -0.3 is 9.84 Å². The lowest BCUT2D eigenvalue weighted by molar-refractivity contribution is -0.123. The predicted molar refractivity (Wildman–Crippen MR) is 103 cm³/mol. The standard InChI is InChI=1S/C18H19IN2O3/c1-11-5-4-6-16(13(11)3)24-10-17(22)21-20-9-14-8-15(19)7-12(2)18(14)23/h4-9,23H,10H2,1-3H3,(H,21,22). The van der Waals surface area contributed by atoms with Gasteiger partial charge in [0.05, 0.1) is 6.21 Å². The maximum atomic E-state index is 11.8. The Morgan fingerprint density at radius 3 is 2.79 bits per heavy atom. The molecule has 0 saturated heterocycles. The summed E-state index contributed by atoms with van der Waals surface area (Å²) in [6.45, 7) is 5.62. The number of halogens is 1. The van der Waals surface area contributed by atoms with Gasteiger partial charge in [0.15, 0.2) is 6.61 Å². The second-order valence-corrected chi connectivity index (χ2v) is 6.69. The molecule has 0 unspecified atom stereocenters.